The number of nitrogens with one attached hydrogen (secondary N) is 1. The maximum Gasteiger partial charge on any atom is 0.246 e. The summed E-state index contributed by atoms with van der Waals surface area (Å²) < 4.78 is 8.82. The van der Waals surface area contributed by atoms with Gasteiger partial charge in [-0.1, -0.05) is 29.3 Å². The van der Waals surface area contributed by atoms with E-state index in [4.69, 9.17) is 27.6 Å². The van der Waals surface area contributed by atoms with Gasteiger partial charge in [0.25, 0.3) is 0 Å². The second kappa shape index (κ2) is 8.73. The van der Waals surface area contributed by atoms with Crippen LogP contribution in [0.25, 0.3) is 22.4 Å². The lowest BCUT2D eigenvalue weighted by Gasteiger charge is -2.06. The Morgan fingerprint density at radius 3 is 2.88 bits per heavy atom. The number of aromatic nitrogens is 5. The van der Waals surface area contributed by atoms with E-state index in [1.165, 1.54) is 0 Å². The number of halogens is 2. The number of carbonyl (C=O) groups is 1. The summed E-state index contributed by atoms with van der Waals surface area (Å²) in [6, 6.07) is 10.9. The van der Waals surface area contributed by atoms with Crippen LogP contribution in [0, 0.1) is 6.92 Å². The predicted octanol–water partition coefficient (Wildman–Crippen LogP) is 5.19. The molecule has 1 N–H and O–H groups in total. The number of nitrogens with zero attached hydrogens (tertiary/aromatic N) is 5. The van der Waals surface area contributed by atoms with Gasteiger partial charge in [-0.25, -0.2) is 9.67 Å². The minimum atomic E-state index is -0.242. The molecule has 0 atom stereocenters. The van der Waals surface area contributed by atoms with Crippen LogP contribution in [0.3, 0.4) is 0 Å². The largest absolute Gasteiger partial charge is 0.464 e. The summed E-state index contributed by atoms with van der Waals surface area (Å²) in [6.45, 7) is 2.35. The third kappa shape index (κ3) is 4.35. The van der Waals surface area contributed by atoms with Crippen molar-refractivity contribution in [2.24, 2.45) is 0 Å². The molecule has 5 aromatic rings. The summed E-state index contributed by atoms with van der Waals surface area (Å²) in [5, 5.41) is 13.7. The molecule has 0 spiro atoms. The molecular formula is C23H18Cl2N6O2. The van der Waals surface area contributed by atoms with E-state index in [0.717, 1.165) is 28.0 Å². The van der Waals surface area contributed by atoms with Crippen molar-refractivity contribution in [2.75, 3.05) is 5.32 Å². The van der Waals surface area contributed by atoms with Gasteiger partial charge < -0.3 is 9.73 Å². The standard InChI is InChI=1S/C23H18Cl2N6O2/c1-14-22-18(20-3-2-8-33-20)6-7-26-23(22)31(29-14)13-21(32)28-17-10-27-30(12-17)11-15-4-5-16(24)9-19(15)25/h2-10,12H,11,13H2,1H3,(H,28,32). The number of benzene rings is 1. The molecule has 0 aliphatic rings. The van der Waals surface area contributed by atoms with Gasteiger partial charge in [-0.05, 0) is 42.8 Å². The van der Waals surface area contributed by atoms with Crippen LogP contribution in [0.4, 0.5) is 5.69 Å². The van der Waals surface area contributed by atoms with Crippen molar-refractivity contribution < 1.29 is 9.21 Å². The summed E-state index contributed by atoms with van der Waals surface area (Å²) in [5.41, 5.74) is 3.72. The summed E-state index contributed by atoms with van der Waals surface area (Å²) in [5.74, 6) is 0.483. The number of anilines is 1. The van der Waals surface area contributed by atoms with Gasteiger partial charge in [0.2, 0.25) is 5.91 Å². The summed E-state index contributed by atoms with van der Waals surface area (Å²) >= 11 is 12.2. The van der Waals surface area contributed by atoms with Crippen molar-refractivity contribution >= 4 is 45.8 Å². The van der Waals surface area contributed by atoms with Gasteiger partial charge in [0.05, 0.1) is 35.8 Å². The summed E-state index contributed by atoms with van der Waals surface area (Å²) in [4.78, 5) is 17.2. The van der Waals surface area contributed by atoms with Gasteiger partial charge in [-0.15, -0.1) is 0 Å². The minimum absolute atomic E-state index is 0.00708. The molecule has 5 rings (SSSR count). The predicted molar refractivity (Wildman–Crippen MR) is 126 cm³/mol. The van der Waals surface area contributed by atoms with E-state index in [-0.39, 0.29) is 12.5 Å². The first-order valence-corrected chi connectivity index (χ1v) is 10.9. The lowest BCUT2D eigenvalue weighted by Crippen LogP contribution is -2.19. The number of aryl methyl sites for hydroxylation is 1. The van der Waals surface area contributed by atoms with E-state index >= 15 is 0 Å². The lowest BCUT2D eigenvalue weighted by atomic mass is 10.1. The molecule has 8 nitrogen and oxygen atoms in total. The number of hydrogen-bond donors (Lipinski definition) is 1. The second-order valence-corrected chi connectivity index (χ2v) is 8.33. The molecule has 1 aromatic carbocycles. The molecule has 0 aliphatic heterocycles. The highest BCUT2D eigenvalue weighted by Gasteiger charge is 2.17. The third-order valence-electron chi connectivity index (χ3n) is 5.15. The molecule has 4 aromatic heterocycles. The fraction of sp³-hybridized carbons (Fsp3) is 0.130. The summed E-state index contributed by atoms with van der Waals surface area (Å²) in [7, 11) is 0. The molecule has 0 saturated heterocycles. The molecule has 0 radical (unpaired) electrons. The Labute approximate surface area is 198 Å². The SMILES string of the molecule is Cc1nn(CC(=O)Nc2cnn(Cc3ccc(Cl)cc3Cl)c2)c2nccc(-c3ccco3)c12. The molecule has 0 aliphatic carbocycles. The van der Waals surface area contributed by atoms with Gasteiger partial charge in [0.15, 0.2) is 5.65 Å². The molecular weight excluding hydrogens is 463 g/mol. The molecule has 0 fully saturated rings. The zero-order valence-electron chi connectivity index (χ0n) is 17.5. The molecule has 166 valence electrons. The van der Waals surface area contributed by atoms with Crippen molar-refractivity contribution in [3.63, 3.8) is 0 Å². The first kappa shape index (κ1) is 21.2. The molecule has 1 amide bonds. The highest BCUT2D eigenvalue weighted by molar-refractivity contribution is 6.35. The number of furan rings is 1. The van der Waals surface area contributed by atoms with Gasteiger partial charge in [0, 0.05) is 28.0 Å². The van der Waals surface area contributed by atoms with Gasteiger partial charge in [-0.3, -0.25) is 9.48 Å². The maximum atomic E-state index is 12.7. The Hall–Kier alpha value is -3.62. The number of fused-ring (bicyclic) bond motifs is 1. The first-order valence-electron chi connectivity index (χ1n) is 10.1. The van der Waals surface area contributed by atoms with Crippen LogP contribution < -0.4 is 5.32 Å². The average molecular weight is 481 g/mol. The van der Waals surface area contributed by atoms with Crippen LogP contribution in [0.1, 0.15) is 11.3 Å². The molecule has 0 bridgehead atoms. The molecule has 0 saturated carbocycles. The maximum absolute atomic E-state index is 12.7. The zero-order valence-corrected chi connectivity index (χ0v) is 19.0. The Morgan fingerprint density at radius 2 is 2.09 bits per heavy atom. The van der Waals surface area contributed by atoms with Crippen molar-refractivity contribution in [1.82, 2.24) is 24.5 Å². The van der Waals surface area contributed by atoms with E-state index < -0.39 is 0 Å². The van der Waals surface area contributed by atoms with Crippen LogP contribution in [0.15, 0.2) is 65.7 Å². The quantitative estimate of drug-likeness (QED) is 0.361. The molecule has 4 heterocycles. The average Bonchev–Trinajstić information content (AvgIpc) is 3.52. The van der Waals surface area contributed by atoms with Crippen LogP contribution in [-0.4, -0.2) is 30.5 Å². The highest BCUT2D eigenvalue weighted by atomic mass is 35.5. The Balaban J connectivity index is 1.31. The first-order chi connectivity index (χ1) is 16.0. The van der Waals surface area contributed by atoms with Gasteiger partial charge in [0.1, 0.15) is 12.3 Å². The van der Waals surface area contributed by atoms with Crippen LogP contribution in [-0.2, 0) is 17.9 Å². The second-order valence-electron chi connectivity index (χ2n) is 7.49. The molecule has 0 unspecified atom stereocenters. The van der Waals surface area contributed by atoms with Crippen molar-refractivity contribution in [1.29, 1.82) is 0 Å². The van der Waals surface area contributed by atoms with Crippen molar-refractivity contribution in [2.45, 2.75) is 20.0 Å². The zero-order chi connectivity index (χ0) is 22.9. The fourth-order valence-electron chi connectivity index (χ4n) is 3.70. The van der Waals surface area contributed by atoms with E-state index in [0.29, 0.717) is 27.9 Å². The van der Waals surface area contributed by atoms with Crippen LogP contribution in [0.5, 0.6) is 0 Å². The van der Waals surface area contributed by atoms with Crippen LogP contribution >= 0.6 is 23.2 Å². The van der Waals surface area contributed by atoms with E-state index in [1.807, 2.05) is 31.2 Å². The van der Waals surface area contributed by atoms with E-state index in [2.05, 4.69) is 20.5 Å². The number of amides is 1. The van der Waals surface area contributed by atoms with E-state index in [1.54, 1.807) is 46.4 Å². The van der Waals surface area contributed by atoms with Crippen LogP contribution in [0.2, 0.25) is 10.0 Å². The lowest BCUT2D eigenvalue weighted by molar-refractivity contribution is -0.116. The Morgan fingerprint density at radius 1 is 1.21 bits per heavy atom. The molecule has 10 heteroatoms. The number of carbonyl (C=O) groups excluding carboxylic acids is 1. The fourth-order valence-corrected chi connectivity index (χ4v) is 4.17. The highest BCUT2D eigenvalue weighted by Crippen LogP contribution is 2.30. The van der Waals surface area contributed by atoms with Gasteiger partial charge in [-0.2, -0.15) is 10.2 Å². The van der Waals surface area contributed by atoms with Crippen molar-refractivity contribution in [3.05, 3.63) is 82.6 Å². The molecule has 33 heavy (non-hydrogen) atoms. The number of hydrogen-bond acceptors (Lipinski definition) is 5. The topological polar surface area (TPSA) is 90.8 Å². The number of pyridine rings is 1. The summed E-state index contributed by atoms with van der Waals surface area (Å²) in [6.07, 6.45) is 6.63. The normalized spacial score (nSPS) is 11.2. The Bertz CT molecular complexity index is 1460. The van der Waals surface area contributed by atoms with Crippen molar-refractivity contribution in [3.8, 4) is 11.3 Å². The van der Waals surface area contributed by atoms with E-state index in [9.17, 15) is 4.79 Å². The third-order valence-corrected chi connectivity index (χ3v) is 5.74. The Kier molecular flexibility index (Phi) is 5.62. The minimum Gasteiger partial charge on any atom is -0.464 e. The van der Waals surface area contributed by atoms with Gasteiger partial charge >= 0.3 is 0 Å². The monoisotopic (exact) mass is 480 g/mol. The number of rotatable bonds is 6. The smallest absolute Gasteiger partial charge is 0.246 e.